The van der Waals surface area contributed by atoms with Crippen LogP contribution in [0.25, 0.3) is 11.1 Å². The minimum Gasteiger partial charge on any atom is -0.272 e. The van der Waals surface area contributed by atoms with Gasteiger partial charge in [0.25, 0.3) is 0 Å². The van der Waals surface area contributed by atoms with Gasteiger partial charge in [-0.3, -0.25) is 4.74 Å². The fourth-order valence-electron chi connectivity index (χ4n) is 3.29. The molecule has 0 unspecified atom stereocenters. The Morgan fingerprint density at radius 1 is 0.800 bits per heavy atom. The Kier molecular flexibility index (Phi) is 12.0. The van der Waals surface area contributed by atoms with E-state index in [0.717, 1.165) is 28.7 Å². The van der Waals surface area contributed by atoms with E-state index in [-0.39, 0.29) is 21.7 Å². The fourth-order valence-corrected chi connectivity index (χ4v) is 5.75. The van der Waals surface area contributed by atoms with Crippen LogP contribution in [0.4, 0.5) is 0 Å². The molecule has 3 rings (SSSR count). The van der Waals surface area contributed by atoms with E-state index in [0.29, 0.717) is 0 Å². The Labute approximate surface area is 198 Å². The summed E-state index contributed by atoms with van der Waals surface area (Å²) in [6.07, 6.45) is 11.3. The molecule has 0 saturated heterocycles. The third-order valence-electron chi connectivity index (χ3n) is 5.47. The van der Waals surface area contributed by atoms with E-state index < -0.39 is 7.05 Å². The monoisotopic (exact) mass is 451 g/mol. The van der Waals surface area contributed by atoms with Crippen LogP contribution in [0, 0.1) is 0 Å². The molecule has 0 aromatic heterocycles. The molecule has 0 heterocycles. The predicted molar refractivity (Wildman–Crippen MR) is 134 cm³/mol. The van der Waals surface area contributed by atoms with Crippen LogP contribution in [0.15, 0.2) is 102 Å². The first-order chi connectivity index (χ1) is 14.0. The quantitative estimate of drug-likeness (QED) is 0.227. The molecular formula is C27H34NPTi. The third kappa shape index (κ3) is 7.55. The molecule has 30 heavy (non-hydrogen) atoms. The van der Waals surface area contributed by atoms with Crippen molar-refractivity contribution in [3.05, 3.63) is 109 Å². The van der Waals surface area contributed by atoms with Gasteiger partial charge in [0.1, 0.15) is 0 Å². The largest absolute Gasteiger partial charge is 0.272 e. The van der Waals surface area contributed by atoms with Crippen molar-refractivity contribution in [1.82, 2.24) is 0 Å². The van der Waals surface area contributed by atoms with Crippen molar-refractivity contribution in [3.8, 4) is 0 Å². The second-order valence-electron chi connectivity index (χ2n) is 7.12. The molecular weight excluding hydrogens is 417 g/mol. The first-order valence-corrected chi connectivity index (χ1v) is 12.8. The molecule has 2 aromatic carbocycles. The van der Waals surface area contributed by atoms with Gasteiger partial charge in [0.2, 0.25) is 0 Å². The van der Waals surface area contributed by atoms with Crippen molar-refractivity contribution in [2.75, 3.05) is 18.5 Å². The van der Waals surface area contributed by atoms with Gasteiger partial charge in [-0.1, -0.05) is 107 Å². The van der Waals surface area contributed by atoms with Gasteiger partial charge in [-0.15, -0.1) is 0 Å². The average molecular weight is 451 g/mol. The molecule has 0 atom stereocenters. The summed E-state index contributed by atoms with van der Waals surface area (Å²) in [6.45, 7) is 15.1. The first kappa shape index (κ1) is 26.4. The predicted octanol–water partition coefficient (Wildman–Crippen LogP) is 8.50. The zero-order valence-corrected chi connectivity index (χ0v) is 21.1. The Bertz CT molecular complexity index is 855. The summed E-state index contributed by atoms with van der Waals surface area (Å²) in [5, 5.41) is 0. The SMILES string of the molecule is C=C(C(=C)c1ccccc1)c1ccccc1.CCP(CC)(CC)=NC1=CC=CC1.[Ti]. The van der Waals surface area contributed by atoms with Crippen LogP contribution in [-0.2, 0) is 21.7 Å². The molecule has 1 nitrogen and oxygen atoms in total. The molecule has 0 N–H and O–H groups in total. The summed E-state index contributed by atoms with van der Waals surface area (Å²) in [5.41, 5.74) is 5.50. The Morgan fingerprint density at radius 2 is 1.23 bits per heavy atom. The zero-order valence-electron chi connectivity index (χ0n) is 18.6. The van der Waals surface area contributed by atoms with E-state index in [4.69, 9.17) is 4.74 Å². The maximum atomic E-state index is 4.97. The van der Waals surface area contributed by atoms with E-state index in [2.05, 4.69) is 76.4 Å². The molecule has 0 saturated carbocycles. The molecule has 1 aliphatic rings. The molecule has 156 valence electrons. The number of hydrogen-bond acceptors (Lipinski definition) is 1. The Balaban J connectivity index is 0.000000297. The van der Waals surface area contributed by atoms with Crippen LogP contribution in [0.2, 0.25) is 0 Å². The molecule has 0 aliphatic heterocycles. The van der Waals surface area contributed by atoms with Gasteiger partial charge in [-0.2, -0.15) is 0 Å². The van der Waals surface area contributed by atoms with Crippen molar-refractivity contribution in [2.45, 2.75) is 27.2 Å². The molecule has 0 radical (unpaired) electrons. The van der Waals surface area contributed by atoms with E-state index in [1.807, 2.05) is 36.4 Å². The molecule has 0 spiro atoms. The van der Waals surface area contributed by atoms with E-state index in [1.54, 1.807) is 0 Å². The van der Waals surface area contributed by atoms with Gasteiger partial charge in [0.05, 0.1) is 0 Å². The zero-order chi connectivity index (χ0) is 21.1. The summed E-state index contributed by atoms with van der Waals surface area (Å²) in [7, 11) is -0.971. The van der Waals surface area contributed by atoms with Crippen LogP contribution in [0.3, 0.4) is 0 Å². The molecule has 0 fully saturated rings. The van der Waals surface area contributed by atoms with Gasteiger partial charge in [-0.05, 0) is 53.9 Å². The van der Waals surface area contributed by atoms with Crippen LogP contribution in [0.5, 0.6) is 0 Å². The van der Waals surface area contributed by atoms with Crippen LogP contribution in [0.1, 0.15) is 38.3 Å². The summed E-state index contributed by atoms with van der Waals surface area (Å²) < 4.78 is 4.97. The number of hydrogen-bond donors (Lipinski definition) is 0. The molecule has 1 aliphatic carbocycles. The summed E-state index contributed by atoms with van der Waals surface area (Å²) >= 11 is 0. The third-order valence-corrected chi connectivity index (χ3v) is 9.68. The van der Waals surface area contributed by atoms with Crippen molar-refractivity contribution in [3.63, 3.8) is 0 Å². The van der Waals surface area contributed by atoms with Gasteiger partial charge < -0.3 is 0 Å². The van der Waals surface area contributed by atoms with Crippen molar-refractivity contribution in [2.24, 2.45) is 4.74 Å². The van der Waals surface area contributed by atoms with E-state index in [9.17, 15) is 0 Å². The summed E-state index contributed by atoms with van der Waals surface area (Å²) in [5.74, 6) is 0. The van der Waals surface area contributed by atoms with Gasteiger partial charge >= 0.3 is 0 Å². The number of allylic oxidation sites excluding steroid dienone is 5. The smallest absolute Gasteiger partial charge is 0.0425 e. The second-order valence-corrected chi connectivity index (χ2v) is 11.4. The maximum Gasteiger partial charge on any atom is 0.0425 e. The van der Waals surface area contributed by atoms with E-state index in [1.165, 1.54) is 24.2 Å². The standard InChI is InChI=1S/C16H14.C11H20NP.Ti/c1-13(15-9-5-3-6-10-15)14(2)16-11-7-4-8-12-16;1-4-13(5-2,6-3)12-11-9-7-8-10-11;/h3-12H,1-2H2;7-9H,4-6,10H2,1-3H3;. The molecule has 2 aromatic rings. The molecule has 0 amide bonds. The van der Waals surface area contributed by atoms with Gasteiger partial charge in [-0.25, -0.2) is 0 Å². The number of nitrogens with zero attached hydrogens (tertiary/aromatic N) is 1. The molecule has 3 heteroatoms. The van der Waals surface area contributed by atoms with Crippen molar-refractivity contribution >= 4 is 18.2 Å². The minimum absolute atomic E-state index is 0. The van der Waals surface area contributed by atoms with Crippen LogP contribution < -0.4 is 0 Å². The van der Waals surface area contributed by atoms with Gasteiger partial charge in [0, 0.05) is 33.8 Å². The van der Waals surface area contributed by atoms with Gasteiger partial charge in [0.15, 0.2) is 0 Å². The maximum absolute atomic E-state index is 4.97. The van der Waals surface area contributed by atoms with E-state index >= 15 is 0 Å². The average Bonchev–Trinajstić information content (AvgIpc) is 3.31. The minimum atomic E-state index is -0.971. The second kappa shape index (κ2) is 13.6. The Hall–Kier alpha value is -1.66. The van der Waals surface area contributed by atoms with Crippen molar-refractivity contribution in [1.29, 1.82) is 0 Å². The first-order valence-electron chi connectivity index (χ1n) is 10.5. The van der Waals surface area contributed by atoms with Crippen LogP contribution in [-0.4, -0.2) is 18.5 Å². The normalized spacial score (nSPS) is 12.2. The number of benzene rings is 2. The fraction of sp³-hybridized carbons (Fsp3) is 0.259. The summed E-state index contributed by atoms with van der Waals surface area (Å²) in [6, 6.07) is 20.3. The molecule has 0 bridgehead atoms. The topological polar surface area (TPSA) is 12.4 Å². The van der Waals surface area contributed by atoms with Crippen molar-refractivity contribution < 1.29 is 21.7 Å². The number of rotatable bonds is 7. The Morgan fingerprint density at radius 3 is 1.57 bits per heavy atom. The summed E-state index contributed by atoms with van der Waals surface area (Å²) in [4.78, 5) is 0. The van der Waals surface area contributed by atoms with Crippen LogP contribution >= 0.6 is 7.05 Å².